The Morgan fingerprint density at radius 1 is 0.931 bits per heavy atom. The summed E-state index contributed by atoms with van der Waals surface area (Å²) in [6, 6.07) is 4.92. The van der Waals surface area contributed by atoms with E-state index in [4.69, 9.17) is 18.9 Å². The molecular weight excluding hydrogens is 385 g/mol. The Morgan fingerprint density at radius 2 is 1.59 bits per heavy atom. The fraction of sp³-hybridized carbons (Fsp3) is 0.636. The van der Waals surface area contributed by atoms with Crippen molar-refractivity contribution < 1.29 is 32.1 Å². The van der Waals surface area contributed by atoms with E-state index in [9.17, 15) is 13.2 Å². The molecule has 4 nitrogen and oxygen atoms in total. The maximum absolute atomic E-state index is 12.7. The van der Waals surface area contributed by atoms with Gasteiger partial charge in [0.05, 0.1) is 32.0 Å². The van der Waals surface area contributed by atoms with E-state index in [0.717, 1.165) is 37.8 Å². The summed E-state index contributed by atoms with van der Waals surface area (Å²) in [5.41, 5.74) is -0.0805. The third kappa shape index (κ3) is 6.81. The van der Waals surface area contributed by atoms with E-state index in [1.807, 2.05) is 0 Å². The Hall–Kier alpha value is -1.41. The van der Waals surface area contributed by atoms with Gasteiger partial charge in [0.2, 0.25) is 0 Å². The zero-order chi connectivity index (χ0) is 20.7. The Morgan fingerprint density at radius 3 is 2.17 bits per heavy atom. The molecule has 0 saturated carbocycles. The molecule has 2 fully saturated rings. The first-order valence-corrected chi connectivity index (χ1v) is 10.3. The lowest BCUT2D eigenvalue weighted by atomic mass is 10.0. The Kier molecular flexibility index (Phi) is 8.12. The molecule has 2 heterocycles. The van der Waals surface area contributed by atoms with E-state index < -0.39 is 18.0 Å². The van der Waals surface area contributed by atoms with Crippen LogP contribution in [0.4, 0.5) is 13.2 Å². The molecule has 1 aromatic carbocycles. The second-order valence-corrected chi connectivity index (χ2v) is 7.63. The van der Waals surface area contributed by atoms with Crippen LogP contribution in [0, 0.1) is 11.8 Å². The quantitative estimate of drug-likeness (QED) is 0.553. The molecule has 0 atom stereocenters. The molecule has 0 spiro atoms. The molecule has 29 heavy (non-hydrogen) atoms. The Labute approximate surface area is 170 Å². The highest BCUT2D eigenvalue weighted by Gasteiger charge is 2.31. The molecule has 0 radical (unpaired) electrons. The van der Waals surface area contributed by atoms with Crippen molar-refractivity contribution in [3.63, 3.8) is 0 Å². The third-order valence-corrected chi connectivity index (χ3v) is 5.14. The molecule has 2 aliphatic heterocycles. The van der Waals surface area contributed by atoms with Crippen LogP contribution in [0.1, 0.15) is 50.0 Å². The number of hydrogen-bond acceptors (Lipinski definition) is 4. The maximum atomic E-state index is 12.7. The molecule has 7 heteroatoms. The van der Waals surface area contributed by atoms with E-state index in [1.54, 1.807) is 0 Å². The van der Waals surface area contributed by atoms with Gasteiger partial charge in [0.25, 0.3) is 0 Å². The second kappa shape index (κ2) is 10.6. The molecule has 0 amide bonds. The molecule has 0 aliphatic carbocycles. The summed E-state index contributed by atoms with van der Waals surface area (Å²) in [5.74, 6) is 0.540. The van der Waals surface area contributed by atoms with E-state index in [2.05, 4.69) is 19.1 Å². The third-order valence-electron chi connectivity index (χ3n) is 5.14. The summed E-state index contributed by atoms with van der Waals surface area (Å²) in [6.07, 6.45) is 3.03. The number of benzene rings is 1. The number of ether oxygens (including phenoxy) is 4. The summed E-state index contributed by atoms with van der Waals surface area (Å²) in [4.78, 5) is 0. The SMILES string of the molecule is CCCC=CC1COC(CCC2COC(c3ccc(C(F)(F)F)cc3)OC2)OC1. The molecule has 0 bridgehead atoms. The van der Waals surface area contributed by atoms with Crippen molar-refractivity contribution in [2.75, 3.05) is 26.4 Å². The summed E-state index contributed by atoms with van der Waals surface area (Å²) in [6.45, 7) is 4.51. The standard InChI is InChI=1S/C22H29F3O4/c1-2-3-4-5-16-12-26-20(27-13-16)11-6-17-14-28-21(29-15-17)18-7-9-19(10-8-18)22(23,24)25/h4-5,7-10,16-17,20-21H,2-3,6,11-15H2,1H3. The largest absolute Gasteiger partial charge is 0.416 e. The lowest BCUT2D eigenvalue weighted by molar-refractivity contribution is -0.217. The van der Waals surface area contributed by atoms with Gasteiger partial charge in [-0.1, -0.05) is 37.6 Å². The number of alkyl halides is 3. The van der Waals surface area contributed by atoms with E-state index in [0.29, 0.717) is 37.9 Å². The highest BCUT2D eigenvalue weighted by Crippen LogP contribution is 2.32. The highest BCUT2D eigenvalue weighted by molar-refractivity contribution is 5.25. The van der Waals surface area contributed by atoms with Crippen molar-refractivity contribution in [3.05, 3.63) is 47.5 Å². The smallest absolute Gasteiger partial charge is 0.352 e. The number of rotatable bonds is 7. The van der Waals surface area contributed by atoms with Gasteiger partial charge in [-0.2, -0.15) is 13.2 Å². The van der Waals surface area contributed by atoms with Gasteiger partial charge in [0.15, 0.2) is 12.6 Å². The van der Waals surface area contributed by atoms with Gasteiger partial charge in [0, 0.05) is 17.4 Å². The van der Waals surface area contributed by atoms with Gasteiger partial charge >= 0.3 is 6.18 Å². The lowest BCUT2D eigenvalue weighted by Crippen LogP contribution is -2.33. The van der Waals surface area contributed by atoms with Gasteiger partial charge in [0.1, 0.15) is 0 Å². The zero-order valence-electron chi connectivity index (χ0n) is 16.7. The molecule has 0 aromatic heterocycles. The Bertz CT molecular complexity index is 628. The molecular formula is C22H29F3O4. The molecule has 162 valence electrons. The number of allylic oxidation sites excluding steroid dienone is 1. The second-order valence-electron chi connectivity index (χ2n) is 7.63. The van der Waals surface area contributed by atoms with Gasteiger partial charge in [-0.15, -0.1) is 0 Å². The summed E-state index contributed by atoms with van der Waals surface area (Å²) in [5, 5.41) is 0. The minimum atomic E-state index is -4.34. The first-order chi connectivity index (χ1) is 14.0. The minimum absolute atomic E-state index is 0.196. The van der Waals surface area contributed by atoms with Crippen LogP contribution in [0.3, 0.4) is 0 Å². The topological polar surface area (TPSA) is 36.9 Å². The monoisotopic (exact) mass is 414 g/mol. The number of unbranched alkanes of at least 4 members (excludes halogenated alkanes) is 1. The number of halogens is 3. The van der Waals surface area contributed by atoms with Gasteiger partial charge in [-0.3, -0.25) is 0 Å². The van der Waals surface area contributed by atoms with Gasteiger partial charge in [-0.25, -0.2) is 0 Å². The van der Waals surface area contributed by atoms with E-state index in [-0.39, 0.29) is 12.2 Å². The van der Waals surface area contributed by atoms with Crippen LogP contribution in [0.2, 0.25) is 0 Å². The van der Waals surface area contributed by atoms with Crippen LogP contribution in [-0.2, 0) is 25.1 Å². The Balaban J connectivity index is 1.35. The van der Waals surface area contributed by atoms with Crippen molar-refractivity contribution in [2.24, 2.45) is 11.8 Å². The van der Waals surface area contributed by atoms with Crippen LogP contribution in [0.5, 0.6) is 0 Å². The van der Waals surface area contributed by atoms with Crippen LogP contribution < -0.4 is 0 Å². The molecule has 2 saturated heterocycles. The van der Waals surface area contributed by atoms with E-state index in [1.165, 1.54) is 12.1 Å². The first kappa shape index (κ1) is 22.3. The molecule has 1 aromatic rings. The molecule has 0 unspecified atom stereocenters. The molecule has 0 N–H and O–H groups in total. The summed E-state index contributed by atoms with van der Waals surface area (Å²) < 4.78 is 61.0. The predicted octanol–water partition coefficient (Wildman–Crippen LogP) is 5.49. The van der Waals surface area contributed by atoms with Crippen molar-refractivity contribution in [1.82, 2.24) is 0 Å². The molecule has 2 aliphatic rings. The van der Waals surface area contributed by atoms with Crippen molar-refractivity contribution in [1.29, 1.82) is 0 Å². The minimum Gasteiger partial charge on any atom is -0.352 e. The highest BCUT2D eigenvalue weighted by atomic mass is 19.4. The van der Waals surface area contributed by atoms with Crippen LogP contribution in [0.15, 0.2) is 36.4 Å². The van der Waals surface area contributed by atoms with Crippen molar-refractivity contribution in [2.45, 2.75) is 51.4 Å². The van der Waals surface area contributed by atoms with Gasteiger partial charge in [-0.05, 0) is 31.4 Å². The average Bonchev–Trinajstić information content (AvgIpc) is 2.73. The fourth-order valence-electron chi connectivity index (χ4n) is 3.39. The van der Waals surface area contributed by atoms with Crippen LogP contribution >= 0.6 is 0 Å². The zero-order valence-corrected chi connectivity index (χ0v) is 16.7. The number of hydrogen-bond donors (Lipinski definition) is 0. The van der Waals surface area contributed by atoms with Gasteiger partial charge < -0.3 is 18.9 Å². The summed E-state index contributed by atoms with van der Waals surface area (Å²) >= 11 is 0. The average molecular weight is 414 g/mol. The van der Waals surface area contributed by atoms with Crippen molar-refractivity contribution >= 4 is 0 Å². The van der Waals surface area contributed by atoms with Crippen LogP contribution in [0.25, 0.3) is 0 Å². The molecule has 3 rings (SSSR count). The normalized spacial score (nSPS) is 28.7. The summed E-state index contributed by atoms with van der Waals surface area (Å²) in [7, 11) is 0. The predicted molar refractivity (Wildman–Crippen MR) is 102 cm³/mol. The maximum Gasteiger partial charge on any atom is 0.416 e. The fourth-order valence-corrected chi connectivity index (χ4v) is 3.39. The van der Waals surface area contributed by atoms with Crippen LogP contribution in [-0.4, -0.2) is 32.7 Å². The van der Waals surface area contributed by atoms with E-state index >= 15 is 0 Å². The first-order valence-electron chi connectivity index (χ1n) is 10.3. The van der Waals surface area contributed by atoms with Crippen molar-refractivity contribution in [3.8, 4) is 0 Å². The lowest BCUT2D eigenvalue weighted by Gasteiger charge is -2.32.